The monoisotopic (exact) mass is 423 g/mol. The molecule has 0 saturated carbocycles. The van der Waals surface area contributed by atoms with E-state index in [9.17, 15) is 0 Å². The van der Waals surface area contributed by atoms with E-state index in [4.69, 9.17) is 43.1 Å². The summed E-state index contributed by atoms with van der Waals surface area (Å²) in [6, 6.07) is 7.16. The number of methoxy groups -OCH3 is 3. The molecule has 1 heterocycles. The van der Waals surface area contributed by atoms with E-state index in [0.29, 0.717) is 28.9 Å². The average molecular weight is 424 g/mol. The molecule has 2 aromatic rings. The number of hydrogen-bond donors (Lipinski definition) is 4. The highest BCUT2D eigenvalue weighted by atomic mass is 32.1. The minimum atomic E-state index is 0.228. The van der Waals surface area contributed by atoms with Crippen LogP contribution in [0.25, 0.3) is 0 Å². The second-order valence-corrected chi connectivity index (χ2v) is 5.99. The van der Waals surface area contributed by atoms with Gasteiger partial charge >= 0.3 is 0 Å². The Morgan fingerprint density at radius 1 is 1.07 bits per heavy atom. The predicted octanol–water partition coefficient (Wildman–Crippen LogP) is 1.68. The maximum Gasteiger partial charge on any atom is 0.205 e. The van der Waals surface area contributed by atoms with Crippen molar-refractivity contribution in [3.8, 4) is 17.2 Å². The van der Waals surface area contributed by atoms with Crippen molar-refractivity contribution in [3.63, 3.8) is 0 Å². The zero-order valence-electron chi connectivity index (χ0n) is 15.6. The maximum atomic E-state index is 5.30. The molecule has 0 atom stereocenters. The number of hydrazone groups is 1. The summed E-state index contributed by atoms with van der Waals surface area (Å²) in [4.78, 5) is 0. The molecule has 0 unspecified atom stereocenters. The fraction of sp³-hybridized carbons (Fsp3) is 0.235. The van der Waals surface area contributed by atoms with Crippen LogP contribution in [0.3, 0.4) is 0 Å². The third-order valence-electron chi connectivity index (χ3n) is 3.36. The normalized spacial score (nSPS) is 10.2. The highest BCUT2D eigenvalue weighted by Crippen LogP contribution is 2.37. The first-order valence-corrected chi connectivity index (χ1v) is 8.84. The molecule has 0 spiro atoms. The van der Waals surface area contributed by atoms with E-state index >= 15 is 0 Å². The van der Waals surface area contributed by atoms with Crippen molar-refractivity contribution >= 4 is 40.9 Å². The Labute approximate surface area is 173 Å². The fourth-order valence-electron chi connectivity index (χ4n) is 2.11. The van der Waals surface area contributed by atoms with Gasteiger partial charge in [-0.3, -0.25) is 16.3 Å². The highest BCUT2D eigenvalue weighted by molar-refractivity contribution is 7.80. The van der Waals surface area contributed by atoms with E-state index in [2.05, 4.69) is 26.7 Å². The minimum absolute atomic E-state index is 0.228. The second-order valence-electron chi connectivity index (χ2n) is 5.17. The number of thiocarbonyl (C=S) groups is 2. The summed E-state index contributed by atoms with van der Waals surface area (Å²) in [7, 11) is 4.63. The van der Waals surface area contributed by atoms with Gasteiger partial charge in [0.2, 0.25) is 10.9 Å². The largest absolute Gasteiger partial charge is 0.493 e. The SMILES string of the molecule is COc1cc(/C=N/NC(=S)NNC(=S)NCc2ccco2)cc(OC)c1OC. The van der Waals surface area contributed by atoms with Crippen LogP contribution in [0.15, 0.2) is 40.0 Å². The number of ether oxygens (including phenoxy) is 3. The van der Waals surface area contributed by atoms with E-state index in [1.54, 1.807) is 52.0 Å². The lowest BCUT2D eigenvalue weighted by molar-refractivity contribution is 0.324. The van der Waals surface area contributed by atoms with Crippen LogP contribution in [0.2, 0.25) is 0 Å². The Morgan fingerprint density at radius 2 is 1.75 bits per heavy atom. The van der Waals surface area contributed by atoms with Gasteiger partial charge in [-0.1, -0.05) is 0 Å². The molecular weight excluding hydrogens is 402 g/mol. The molecule has 0 bridgehead atoms. The molecule has 0 aliphatic carbocycles. The van der Waals surface area contributed by atoms with E-state index in [0.717, 1.165) is 11.3 Å². The molecule has 0 amide bonds. The topological polar surface area (TPSA) is 101 Å². The summed E-state index contributed by atoms with van der Waals surface area (Å²) in [5, 5.41) is 7.60. The van der Waals surface area contributed by atoms with Crippen molar-refractivity contribution in [1.82, 2.24) is 21.6 Å². The van der Waals surface area contributed by atoms with Gasteiger partial charge in [0, 0.05) is 5.56 Å². The van der Waals surface area contributed by atoms with Crippen molar-refractivity contribution in [2.24, 2.45) is 5.10 Å². The highest BCUT2D eigenvalue weighted by Gasteiger charge is 2.12. The Bertz CT molecular complexity index is 802. The van der Waals surface area contributed by atoms with Gasteiger partial charge in [-0.05, 0) is 48.7 Å². The molecule has 0 saturated heterocycles. The number of hydrazine groups is 1. The third kappa shape index (κ3) is 6.28. The lowest BCUT2D eigenvalue weighted by Crippen LogP contribution is -2.49. The van der Waals surface area contributed by atoms with Gasteiger partial charge in [0.05, 0.1) is 40.4 Å². The van der Waals surface area contributed by atoms with Crippen LogP contribution in [0.4, 0.5) is 0 Å². The first kappa shape index (κ1) is 21.3. The second kappa shape index (κ2) is 10.9. The molecule has 2 rings (SSSR count). The summed E-state index contributed by atoms with van der Waals surface area (Å²) in [6.07, 6.45) is 3.16. The van der Waals surface area contributed by atoms with Crippen LogP contribution < -0.4 is 35.8 Å². The van der Waals surface area contributed by atoms with Crippen LogP contribution in [0, 0.1) is 0 Å². The van der Waals surface area contributed by atoms with Gasteiger partial charge in [-0.15, -0.1) is 0 Å². The van der Waals surface area contributed by atoms with Crippen LogP contribution in [0.1, 0.15) is 11.3 Å². The van der Waals surface area contributed by atoms with E-state index in [1.807, 2.05) is 6.07 Å². The molecule has 0 radical (unpaired) electrons. The third-order valence-corrected chi connectivity index (χ3v) is 3.80. The summed E-state index contributed by atoms with van der Waals surface area (Å²) in [6.45, 7) is 0.458. The quantitative estimate of drug-likeness (QED) is 0.299. The summed E-state index contributed by atoms with van der Waals surface area (Å²) in [5.41, 5.74) is 8.85. The first-order valence-electron chi connectivity index (χ1n) is 8.02. The molecule has 0 aliphatic rings. The van der Waals surface area contributed by atoms with Gasteiger partial charge in [-0.2, -0.15) is 5.10 Å². The molecule has 9 nitrogen and oxygen atoms in total. The van der Waals surface area contributed by atoms with E-state index in [1.165, 1.54) is 0 Å². The van der Waals surface area contributed by atoms with Crippen LogP contribution >= 0.6 is 24.4 Å². The van der Waals surface area contributed by atoms with Crippen LogP contribution in [-0.2, 0) is 6.54 Å². The van der Waals surface area contributed by atoms with Crippen molar-refractivity contribution in [2.45, 2.75) is 6.54 Å². The van der Waals surface area contributed by atoms with Crippen molar-refractivity contribution < 1.29 is 18.6 Å². The molecule has 11 heteroatoms. The van der Waals surface area contributed by atoms with Crippen molar-refractivity contribution in [1.29, 1.82) is 0 Å². The smallest absolute Gasteiger partial charge is 0.205 e. The summed E-state index contributed by atoms with van der Waals surface area (Å²) >= 11 is 10.2. The molecule has 4 N–H and O–H groups in total. The molecular formula is C17H21N5O4S2. The van der Waals surface area contributed by atoms with Crippen molar-refractivity contribution in [2.75, 3.05) is 21.3 Å². The molecule has 1 aromatic heterocycles. The Hall–Kier alpha value is -3.05. The Kier molecular flexibility index (Phi) is 8.31. The van der Waals surface area contributed by atoms with Gasteiger partial charge in [-0.25, -0.2) is 0 Å². The average Bonchev–Trinajstić information content (AvgIpc) is 3.23. The maximum absolute atomic E-state index is 5.30. The molecule has 0 aliphatic heterocycles. The number of rotatable bonds is 7. The van der Waals surface area contributed by atoms with Gasteiger partial charge in [0.15, 0.2) is 16.6 Å². The molecule has 1 aromatic carbocycles. The lowest BCUT2D eigenvalue weighted by Gasteiger charge is -2.13. The zero-order valence-corrected chi connectivity index (χ0v) is 17.2. The number of benzene rings is 1. The Balaban J connectivity index is 1.81. The van der Waals surface area contributed by atoms with E-state index in [-0.39, 0.29) is 5.11 Å². The standard InChI is InChI=1S/C17H21N5O4S2/c1-23-13-7-11(8-14(24-2)15(13)25-3)9-19-20-17(28)22-21-16(27)18-10-12-5-4-6-26-12/h4-9H,10H2,1-3H3,(H2,18,21,27)(H2,20,22,28)/b19-9+. The van der Waals surface area contributed by atoms with Gasteiger partial charge in [0.1, 0.15) is 5.76 Å². The fourth-order valence-corrected chi connectivity index (χ4v) is 2.33. The summed E-state index contributed by atoms with van der Waals surface area (Å²) < 4.78 is 21.1. The predicted molar refractivity (Wildman–Crippen MR) is 114 cm³/mol. The molecule has 28 heavy (non-hydrogen) atoms. The number of nitrogens with one attached hydrogen (secondary N) is 4. The minimum Gasteiger partial charge on any atom is -0.493 e. The first-order chi connectivity index (χ1) is 13.6. The number of nitrogens with zero attached hydrogens (tertiary/aromatic N) is 1. The molecule has 0 fully saturated rings. The van der Waals surface area contributed by atoms with Crippen molar-refractivity contribution in [3.05, 3.63) is 41.9 Å². The molecule has 150 valence electrons. The van der Waals surface area contributed by atoms with Crippen LogP contribution in [0.5, 0.6) is 17.2 Å². The lowest BCUT2D eigenvalue weighted by atomic mass is 10.2. The number of hydrogen-bond acceptors (Lipinski definition) is 7. The Morgan fingerprint density at radius 3 is 2.32 bits per heavy atom. The van der Waals surface area contributed by atoms with Gasteiger partial charge in [0.25, 0.3) is 0 Å². The summed E-state index contributed by atoms with van der Waals surface area (Å²) in [5.74, 6) is 2.32. The van der Waals surface area contributed by atoms with E-state index < -0.39 is 0 Å². The van der Waals surface area contributed by atoms with Gasteiger partial charge < -0.3 is 23.9 Å². The number of furan rings is 1. The zero-order chi connectivity index (χ0) is 20.4. The van der Waals surface area contributed by atoms with Crippen LogP contribution in [-0.4, -0.2) is 37.8 Å².